The van der Waals surface area contributed by atoms with Crippen LogP contribution in [0, 0.1) is 28.1 Å². The van der Waals surface area contributed by atoms with Crippen molar-refractivity contribution in [3.63, 3.8) is 0 Å². The van der Waals surface area contributed by atoms with Gasteiger partial charge in [0.2, 0.25) is 11.9 Å². The molecule has 4 N–H and O–H groups in total. The fourth-order valence-electron chi connectivity index (χ4n) is 8.27. The smallest absolute Gasteiger partial charge is 0.343 e. The van der Waals surface area contributed by atoms with E-state index in [0.29, 0.717) is 0 Å². The van der Waals surface area contributed by atoms with Crippen molar-refractivity contribution in [3.8, 4) is 0 Å². The van der Waals surface area contributed by atoms with Gasteiger partial charge in [-0.2, -0.15) is 0 Å². The quantitative estimate of drug-likeness (QED) is 0.234. The predicted octanol–water partition coefficient (Wildman–Crippen LogP) is -2.40. The number of ether oxygens (including phenoxy) is 4. The molecule has 11 nitrogen and oxygen atoms in total. The van der Waals surface area contributed by atoms with Crippen molar-refractivity contribution >= 4 is 17.9 Å². The summed E-state index contributed by atoms with van der Waals surface area (Å²) in [5.74, 6) is -5.22. The van der Waals surface area contributed by atoms with Crippen molar-refractivity contribution in [3.05, 3.63) is 0 Å². The van der Waals surface area contributed by atoms with Crippen LogP contribution < -0.4 is 0 Å². The molecule has 0 amide bonds. The number of hydrogen-bond acceptors (Lipinski definition) is 11. The molecule has 6 fully saturated rings. The first-order valence-electron chi connectivity index (χ1n) is 10.3. The van der Waals surface area contributed by atoms with Crippen molar-refractivity contribution < 1.29 is 53.8 Å². The predicted molar refractivity (Wildman–Crippen MR) is 93.4 cm³/mol. The summed E-state index contributed by atoms with van der Waals surface area (Å²) >= 11 is 0. The first-order valence-corrected chi connectivity index (χ1v) is 10.3. The van der Waals surface area contributed by atoms with E-state index in [2.05, 4.69) is 0 Å². The van der Waals surface area contributed by atoms with Gasteiger partial charge in [0.15, 0.2) is 17.8 Å². The standard InChI is InChI=1S/C20H24O11/c1-5-12(24)28-11-8(22)18-10-6(21)7(16(2,3)4)17(18)9(23)13(25)30-15(17)31-20(18,14(26)29-10)19(5,11)27/h5-11,15,21-23,27H,1-4H3/t5-,6+,7-,8+,9-,10+,11-,15?,17?,18?,19+,20+/m0/s1. The third-order valence-corrected chi connectivity index (χ3v) is 8.95. The van der Waals surface area contributed by atoms with Gasteiger partial charge in [0.25, 0.3) is 0 Å². The Morgan fingerprint density at radius 1 is 0.935 bits per heavy atom. The van der Waals surface area contributed by atoms with Crippen LogP contribution in [0.1, 0.15) is 27.7 Å². The van der Waals surface area contributed by atoms with E-state index in [0.717, 1.165) is 0 Å². The first-order chi connectivity index (χ1) is 14.3. The fourth-order valence-corrected chi connectivity index (χ4v) is 8.27. The second kappa shape index (κ2) is 4.91. The molecule has 11 heteroatoms. The first kappa shape index (κ1) is 19.9. The van der Waals surface area contributed by atoms with Gasteiger partial charge < -0.3 is 39.4 Å². The number of carbonyl (C=O) groups is 3. The van der Waals surface area contributed by atoms with Gasteiger partial charge in [-0.05, 0) is 12.3 Å². The molecule has 2 aliphatic carbocycles. The summed E-state index contributed by atoms with van der Waals surface area (Å²) in [5.41, 5.74) is -9.40. The maximum absolute atomic E-state index is 13.4. The Balaban J connectivity index is 1.75. The minimum Gasteiger partial charge on any atom is -0.456 e. The van der Waals surface area contributed by atoms with E-state index in [4.69, 9.17) is 18.9 Å². The van der Waals surface area contributed by atoms with Crippen LogP contribution in [0.5, 0.6) is 0 Å². The average Bonchev–Trinajstić information content (AvgIpc) is 3.35. The molecule has 3 unspecified atom stereocenters. The van der Waals surface area contributed by atoms with Gasteiger partial charge in [0.1, 0.15) is 12.2 Å². The third-order valence-electron chi connectivity index (χ3n) is 8.95. The van der Waals surface area contributed by atoms with Crippen LogP contribution in [-0.2, 0) is 33.3 Å². The van der Waals surface area contributed by atoms with Crippen LogP contribution in [0.15, 0.2) is 0 Å². The van der Waals surface area contributed by atoms with Crippen LogP contribution in [-0.4, -0.2) is 86.3 Å². The summed E-state index contributed by atoms with van der Waals surface area (Å²) in [6.07, 6.45) is -9.69. The van der Waals surface area contributed by atoms with E-state index in [1.54, 1.807) is 20.8 Å². The van der Waals surface area contributed by atoms with Gasteiger partial charge in [-0.15, -0.1) is 0 Å². The Morgan fingerprint density at radius 3 is 2.19 bits per heavy atom. The molecule has 6 rings (SSSR count). The summed E-state index contributed by atoms with van der Waals surface area (Å²) < 4.78 is 22.2. The van der Waals surface area contributed by atoms with Crippen LogP contribution in [0.2, 0.25) is 0 Å². The lowest BCUT2D eigenvalue weighted by Gasteiger charge is -2.47. The second-order valence-electron chi connectivity index (χ2n) is 10.8. The molecule has 0 radical (unpaired) electrons. The minimum atomic E-state index is -2.40. The molecular formula is C20H24O11. The van der Waals surface area contributed by atoms with E-state index in [9.17, 15) is 34.8 Å². The highest BCUT2D eigenvalue weighted by molar-refractivity contribution is 5.94. The Hall–Kier alpha value is -1.79. The summed E-state index contributed by atoms with van der Waals surface area (Å²) in [4.78, 5) is 38.3. The molecule has 2 spiro atoms. The van der Waals surface area contributed by atoms with Gasteiger partial charge in [-0.1, -0.05) is 20.8 Å². The van der Waals surface area contributed by atoms with Crippen molar-refractivity contribution in [1.82, 2.24) is 0 Å². The van der Waals surface area contributed by atoms with E-state index >= 15 is 0 Å². The zero-order valence-corrected chi connectivity index (χ0v) is 17.3. The van der Waals surface area contributed by atoms with Gasteiger partial charge in [0.05, 0.1) is 22.9 Å². The molecule has 4 aliphatic heterocycles. The molecule has 170 valence electrons. The third kappa shape index (κ3) is 1.43. The number of carbonyl (C=O) groups excluding carboxylic acids is 3. The van der Waals surface area contributed by atoms with Crippen LogP contribution in [0.25, 0.3) is 0 Å². The Morgan fingerprint density at radius 2 is 1.58 bits per heavy atom. The lowest BCUT2D eigenvalue weighted by Crippen LogP contribution is -2.67. The molecule has 4 saturated heterocycles. The highest BCUT2D eigenvalue weighted by Crippen LogP contribution is 2.84. The number of aliphatic hydroxyl groups is 4. The maximum Gasteiger partial charge on any atom is 0.343 e. The van der Waals surface area contributed by atoms with Crippen LogP contribution in [0.4, 0.5) is 0 Å². The molecule has 4 heterocycles. The fraction of sp³-hybridized carbons (Fsp3) is 0.850. The van der Waals surface area contributed by atoms with Gasteiger partial charge in [0, 0.05) is 5.92 Å². The normalized spacial score (nSPS) is 61.0. The SMILES string of the molecule is C[C@H]1C(=O)O[C@H]2[C@@H](O)C34[C@@H]5OC(=O)[C@]3(OC3OC(=O)[C@H](O)C34[C@H](C(C)(C)C)[C@H]5O)[C@@]12O. The number of rotatable bonds is 0. The molecule has 12 atom stereocenters. The second-order valence-corrected chi connectivity index (χ2v) is 10.8. The lowest BCUT2D eigenvalue weighted by atomic mass is 9.51. The Kier molecular flexibility index (Phi) is 3.15. The average molecular weight is 440 g/mol. The molecule has 0 aromatic heterocycles. The maximum atomic E-state index is 13.4. The van der Waals surface area contributed by atoms with E-state index in [1.165, 1.54) is 6.92 Å². The van der Waals surface area contributed by atoms with Crippen molar-refractivity contribution in [2.24, 2.45) is 28.1 Å². The molecular weight excluding hydrogens is 416 g/mol. The molecule has 0 bridgehead atoms. The number of aliphatic hydroxyl groups excluding tert-OH is 3. The van der Waals surface area contributed by atoms with Gasteiger partial charge in [-0.3, -0.25) is 4.79 Å². The lowest BCUT2D eigenvalue weighted by molar-refractivity contribution is -0.240. The highest BCUT2D eigenvalue weighted by atomic mass is 16.8. The zero-order valence-electron chi connectivity index (χ0n) is 17.3. The minimum absolute atomic E-state index is 0.792. The van der Waals surface area contributed by atoms with E-state index < -0.39 is 94.0 Å². The van der Waals surface area contributed by atoms with Gasteiger partial charge in [-0.25, -0.2) is 9.59 Å². The number of esters is 3. The van der Waals surface area contributed by atoms with Crippen molar-refractivity contribution in [1.29, 1.82) is 0 Å². The molecule has 6 aliphatic rings. The Labute approximate surface area is 176 Å². The highest BCUT2D eigenvalue weighted by Gasteiger charge is 3.05. The molecule has 0 aromatic rings. The summed E-state index contributed by atoms with van der Waals surface area (Å²) in [5, 5.41) is 46.1. The summed E-state index contributed by atoms with van der Waals surface area (Å²) in [6, 6.07) is 0. The molecule has 0 aromatic carbocycles. The molecule has 31 heavy (non-hydrogen) atoms. The monoisotopic (exact) mass is 440 g/mol. The van der Waals surface area contributed by atoms with Gasteiger partial charge >= 0.3 is 17.9 Å². The topological polar surface area (TPSA) is 169 Å². The number of fused-ring (bicyclic) bond motifs is 1. The Bertz CT molecular complexity index is 957. The zero-order chi connectivity index (χ0) is 22.7. The van der Waals surface area contributed by atoms with Crippen molar-refractivity contribution in [2.45, 2.75) is 75.7 Å². The van der Waals surface area contributed by atoms with E-state index in [1.807, 2.05) is 0 Å². The number of hydrogen-bond donors (Lipinski definition) is 4. The van der Waals surface area contributed by atoms with Crippen molar-refractivity contribution in [2.75, 3.05) is 0 Å². The largest absolute Gasteiger partial charge is 0.456 e. The van der Waals surface area contributed by atoms with Crippen LogP contribution in [0.3, 0.4) is 0 Å². The summed E-state index contributed by atoms with van der Waals surface area (Å²) in [6.45, 7) is 6.63. The molecule has 2 saturated carbocycles. The van der Waals surface area contributed by atoms with E-state index in [-0.39, 0.29) is 0 Å². The summed E-state index contributed by atoms with van der Waals surface area (Å²) in [7, 11) is 0. The van der Waals surface area contributed by atoms with Crippen LogP contribution >= 0.6 is 0 Å².